The maximum Gasteiger partial charge on any atom is 0.130 e. The van der Waals surface area contributed by atoms with Crippen molar-refractivity contribution in [1.82, 2.24) is 10.2 Å². The zero-order chi connectivity index (χ0) is 12.4. The molecule has 0 saturated heterocycles. The lowest BCUT2D eigenvalue weighted by Gasteiger charge is -2.26. The SMILES string of the molecule is NC[C@@H]1CCOc2c(-c3ccnnc3)cccc21. The summed E-state index contributed by atoms with van der Waals surface area (Å²) in [4.78, 5) is 0. The fourth-order valence-electron chi connectivity index (χ4n) is 2.42. The predicted octanol–water partition coefficient (Wildman–Crippen LogP) is 1.97. The topological polar surface area (TPSA) is 61.0 Å². The van der Waals surface area contributed by atoms with E-state index in [-0.39, 0.29) is 0 Å². The number of hydrogen-bond acceptors (Lipinski definition) is 4. The first-order chi connectivity index (χ1) is 8.90. The normalized spacial score (nSPS) is 17.9. The molecular formula is C14H15N3O. The molecule has 1 aliphatic rings. The van der Waals surface area contributed by atoms with Gasteiger partial charge in [0.05, 0.1) is 19.0 Å². The Bertz CT molecular complexity index is 542. The predicted molar refractivity (Wildman–Crippen MR) is 69.4 cm³/mol. The van der Waals surface area contributed by atoms with Gasteiger partial charge >= 0.3 is 0 Å². The van der Waals surface area contributed by atoms with Crippen LogP contribution in [0.2, 0.25) is 0 Å². The molecule has 92 valence electrons. The molecule has 0 spiro atoms. The summed E-state index contributed by atoms with van der Waals surface area (Å²) >= 11 is 0. The Morgan fingerprint density at radius 3 is 3.00 bits per heavy atom. The Kier molecular flexibility index (Phi) is 2.94. The average molecular weight is 241 g/mol. The van der Waals surface area contributed by atoms with Crippen LogP contribution in [0.5, 0.6) is 5.75 Å². The molecule has 1 atom stereocenters. The minimum atomic E-state index is 0.392. The monoisotopic (exact) mass is 241 g/mol. The second kappa shape index (κ2) is 4.74. The lowest BCUT2D eigenvalue weighted by atomic mass is 9.90. The largest absolute Gasteiger partial charge is 0.493 e. The standard InChI is InChI=1S/C14H15N3O/c15-8-10-5-7-18-14-12(10)2-1-3-13(14)11-4-6-16-17-9-11/h1-4,6,9-10H,5,7-8,15H2/t10-/m0/s1. The highest BCUT2D eigenvalue weighted by atomic mass is 16.5. The molecule has 0 bridgehead atoms. The molecular weight excluding hydrogens is 226 g/mol. The molecule has 2 aromatic rings. The number of hydrogen-bond donors (Lipinski definition) is 1. The van der Waals surface area contributed by atoms with Crippen LogP contribution in [0, 0.1) is 0 Å². The molecule has 18 heavy (non-hydrogen) atoms. The Labute approximate surface area is 106 Å². The molecule has 0 saturated carbocycles. The molecule has 2 N–H and O–H groups in total. The summed E-state index contributed by atoms with van der Waals surface area (Å²) in [5.41, 5.74) is 9.13. The van der Waals surface area contributed by atoms with Gasteiger partial charge < -0.3 is 10.5 Å². The van der Waals surface area contributed by atoms with Crippen LogP contribution in [0.1, 0.15) is 17.9 Å². The van der Waals surface area contributed by atoms with E-state index >= 15 is 0 Å². The molecule has 1 aliphatic heterocycles. The van der Waals surface area contributed by atoms with Crippen molar-refractivity contribution in [3.63, 3.8) is 0 Å². The van der Waals surface area contributed by atoms with Gasteiger partial charge in [-0.05, 0) is 24.6 Å². The van der Waals surface area contributed by atoms with Crippen molar-refractivity contribution in [2.75, 3.05) is 13.2 Å². The second-order valence-electron chi connectivity index (χ2n) is 4.42. The number of nitrogens with two attached hydrogens (primary N) is 1. The van der Waals surface area contributed by atoms with Gasteiger partial charge in [-0.2, -0.15) is 10.2 Å². The first-order valence-corrected chi connectivity index (χ1v) is 6.13. The second-order valence-corrected chi connectivity index (χ2v) is 4.42. The van der Waals surface area contributed by atoms with Crippen LogP contribution in [0.15, 0.2) is 36.7 Å². The molecule has 4 nitrogen and oxygen atoms in total. The van der Waals surface area contributed by atoms with E-state index in [0.717, 1.165) is 29.9 Å². The lowest BCUT2D eigenvalue weighted by Crippen LogP contribution is -2.21. The number of fused-ring (bicyclic) bond motifs is 1. The maximum atomic E-state index is 5.84. The molecule has 1 aromatic carbocycles. The molecule has 3 rings (SSSR count). The minimum absolute atomic E-state index is 0.392. The van der Waals surface area contributed by atoms with E-state index in [1.54, 1.807) is 12.4 Å². The van der Waals surface area contributed by atoms with Crippen molar-refractivity contribution in [3.05, 3.63) is 42.2 Å². The van der Waals surface area contributed by atoms with E-state index in [1.807, 2.05) is 12.1 Å². The summed E-state index contributed by atoms with van der Waals surface area (Å²) in [6, 6.07) is 8.14. The first kappa shape index (κ1) is 11.2. The van der Waals surface area contributed by atoms with E-state index in [2.05, 4.69) is 22.3 Å². The zero-order valence-corrected chi connectivity index (χ0v) is 10.0. The maximum absolute atomic E-state index is 5.84. The third-order valence-corrected chi connectivity index (χ3v) is 3.38. The van der Waals surface area contributed by atoms with Gasteiger partial charge in [0.1, 0.15) is 5.75 Å². The molecule has 4 heteroatoms. The van der Waals surface area contributed by atoms with E-state index < -0.39 is 0 Å². The number of ether oxygens (including phenoxy) is 1. The highest BCUT2D eigenvalue weighted by molar-refractivity contribution is 5.72. The van der Waals surface area contributed by atoms with Crippen molar-refractivity contribution >= 4 is 0 Å². The van der Waals surface area contributed by atoms with Crippen LogP contribution in [0.25, 0.3) is 11.1 Å². The number of para-hydroxylation sites is 1. The van der Waals surface area contributed by atoms with Crippen molar-refractivity contribution in [1.29, 1.82) is 0 Å². The Balaban J connectivity index is 2.12. The van der Waals surface area contributed by atoms with Crippen LogP contribution in [0.3, 0.4) is 0 Å². The molecule has 0 fully saturated rings. The minimum Gasteiger partial charge on any atom is -0.493 e. The van der Waals surface area contributed by atoms with Crippen LogP contribution in [-0.4, -0.2) is 23.3 Å². The zero-order valence-electron chi connectivity index (χ0n) is 10.0. The van der Waals surface area contributed by atoms with Crippen LogP contribution in [0.4, 0.5) is 0 Å². The van der Waals surface area contributed by atoms with Gasteiger partial charge in [-0.25, -0.2) is 0 Å². The summed E-state index contributed by atoms with van der Waals surface area (Å²) in [7, 11) is 0. The van der Waals surface area contributed by atoms with Gasteiger partial charge in [0, 0.05) is 17.0 Å². The van der Waals surface area contributed by atoms with Crippen molar-refractivity contribution in [2.24, 2.45) is 5.73 Å². The van der Waals surface area contributed by atoms with Gasteiger partial charge in [-0.1, -0.05) is 18.2 Å². The molecule has 0 amide bonds. The Hall–Kier alpha value is -1.94. The molecule has 0 unspecified atom stereocenters. The quantitative estimate of drug-likeness (QED) is 0.873. The molecule has 0 aliphatic carbocycles. The third kappa shape index (κ3) is 1.84. The first-order valence-electron chi connectivity index (χ1n) is 6.13. The summed E-state index contributed by atoms with van der Waals surface area (Å²) in [6.45, 7) is 1.39. The summed E-state index contributed by atoms with van der Waals surface area (Å²) in [6.07, 6.45) is 4.44. The fourth-order valence-corrected chi connectivity index (χ4v) is 2.42. The molecule has 0 radical (unpaired) electrons. The molecule has 1 aromatic heterocycles. The number of nitrogens with zero attached hydrogens (tertiary/aromatic N) is 2. The van der Waals surface area contributed by atoms with Crippen molar-refractivity contribution in [3.8, 4) is 16.9 Å². The third-order valence-electron chi connectivity index (χ3n) is 3.38. The van der Waals surface area contributed by atoms with Gasteiger partial charge in [-0.15, -0.1) is 0 Å². The van der Waals surface area contributed by atoms with E-state index in [4.69, 9.17) is 10.5 Å². The number of aromatic nitrogens is 2. The van der Waals surface area contributed by atoms with Gasteiger partial charge in [0.2, 0.25) is 0 Å². The van der Waals surface area contributed by atoms with Crippen molar-refractivity contribution in [2.45, 2.75) is 12.3 Å². The molecule has 2 heterocycles. The number of rotatable bonds is 2. The average Bonchev–Trinajstić information content (AvgIpc) is 2.47. The highest BCUT2D eigenvalue weighted by Crippen LogP contribution is 2.40. The van der Waals surface area contributed by atoms with Crippen LogP contribution < -0.4 is 10.5 Å². The van der Waals surface area contributed by atoms with E-state index in [0.29, 0.717) is 12.5 Å². The Morgan fingerprint density at radius 2 is 2.22 bits per heavy atom. The van der Waals surface area contributed by atoms with Crippen LogP contribution in [-0.2, 0) is 0 Å². The smallest absolute Gasteiger partial charge is 0.130 e. The van der Waals surface area contributed by atoms with Gasteiger partial charge in [-0.3, -0.25) is 0 Å². The lowest BCUT2D eigenvalue weighted by molar-refractivity contribution is 0.270. The highest BCUT2D eigenvalue weighted by Gasteiger charge is 2.22. The summed E-state index contributed by atoms with van der Waals surface area (Å²) in [5.74, 6) is 1.34. The summed E-state index contributed by atoms with van der Waals surface area (Å²) in [5, 5.41) is 7.72. The van der Waals surface area contributed by atoms with Crippen LogP contribution >= 0.6 is 0 Å². The summed E-state index contributed by atoms with van der Waals surface area (Å²) < 4.78 is 5.84. The Morgan fingerprint density at radius 1 is 1.28 bits per heavy atom. The fraction of sp³-hybridized carbons (Fsp3) is 0.286. The number of benzene rings is 1. The van der Waals surface area contributed by atoms with Gasteiger partial charge in [0.15, 0.2) is 0 Å². The van der Waals surface area contributed by atoms with Crippen molar-refractivity contribution < 1.29 is 4.74 Å². The van der Waals surface area contributed by atoms with E-state index in [9.17, 15) is 0 Å². The van der Waals surface area contributed by atoms with Gasteiger partial charge in [0.25, 0.3) is 0 Å². The van der Waals surface area contributed by atoms with E-state index in [1.165, 1.54) is 5.56 Å².